The zero-order valence-corrected chi connectivity index (χ0v) is 13.3. The first-order chi connectivity index (χ1) is 10.1. The largest absolute Gasteiger partial charge is 0.507 e. The van der Waals surface area contributed by atoms with Gasteiger partial charge in [0.2, 0.25) is 0 Å². The number of hydrogen-bond acceptors (Lipinski definition) is 4. The van der Waals surface area contributed by atoms with Gasteiger partial charge in [0.15, 0.2) is 5.78 Å². The summed E-state index contributed by atoms with van der Waals surface area (Å²) in [4.78, 5) is 12.0. The Balaban J connectivity index is 2.76. The summed E-state index contributed by atoms with van der Waals surface area (Å²) < 4.78 is 10.8. The molecule has 0 fully saturated rings. The van der Waals surface area contributed by atoms with Gasteiger partial charge in [-0.25, -0.2) is 0 Å². The van der Waals surface area contributed by atoms with Crippen molar-refractivity contribution < 1.29 is 19.4 Å². The minimum absolute atomic E-state index is 0.0728. The molecule has 0 aliphatic carbocycles. The Morgan fingerprint density at radius 3 is 2.52 bits per heavy atom. The van der Waals surface area contributed by atoms with Crippen LogP contribution < -0.4 is 9.47 Å². The van der Waals surface area contributed by atoms with Gasteiger partial charge in [0, 0.05) is 18.6 Å². The molecule has 0 amide bonds. The van der Waals surface area contributed by atoms with Crippen LogP contribution in [0.25, 0.3) is 0 Å². The van der Waals surface area contributed by atoms with E-state index in [1.54, 1.807) is 6.07 Å². The highest BCUT2D eigenvalue weighted by Crippen LogP contribution is 2.34. The lowest BCUT2D eigenvalue weighted by Crippen LogP contribution is -2.04. The van der Waals surface area contributed by atoms with Crippen molar-refractivity contribution in [2.75, 3.05) is 13.7 Å². The molecule has 0 unspecified atom stereocenters. The van der Waals surface area contributed by atoms with Crippen LogP contribution in [0.1, 0.15) is 62.7 Å². The van der Waals surface area contributed by atoms with Gasteiger partial charge in [-0.15, -0.1) is 0 Å². The van der Waals surface area contributed by atoms with Crippen LogP contribution in [-0.2, 0) is 0 Å². The second-order valence-corrected chi connectivity index (χ2v) is 5.10. The Morgan fingerprint density at radius 1 is 1.14 bits per heavy atom. The number of rotatable bonds is 10. The third kappa shape index (κ3) is 5.29. The highest BCUT2D eigenvalue weighted by molar-refractivity contribution is 6.01. The minimum Gasteiger partial charge on any atom is -0.507 e. The maximum Gasteiger partial charge on any atom is 0.170 e. The van der Waals surface area contributed by atoms with E-state index in [0.717, 1.165) is 19.3 Å². The zero-order chi connectivity index (χ0) is 15.7. The van der Waals surface area contributed by atoms with Crippen molar-refractivity contribution >= 4 is 5.78 Å². The number of carbonyl (C=O) groups excluding carboxylic acids is 1. The van der Waals surface area contributed by atoms with Gasteiger partial charge in [-0.3, -0.25) is 4.79 Å². The summed E-state index contributed by atoms with van der Waals surface area (Å²) in [5, 5.41) is 10.1. The number of unbranched alkanes of at least 4 members (excludes halogenated alkanes) is 3. The van der Waals surface area contributed by atoms with Crippen LogP contribution >= 0.6 is 0 Å². The molecule has 0 radical (unpaired) electrons. The average Bonchev–Trinajstić information content (AvgIpc) is 2.46. The van der Waals surface area contributed by atoms with Crippen molar-refractivity contribution in [1.29, 1.82) is 0 Å². The van der Waals surface area contributed by atoms with Crippen LogP contribution in [0.15, 0.2) is 12.1 Å². The van der Waals surface area contributed by atoms with Crippen molar-refractivity contribution in [3.63, 3.8) is 0 Å². The maximum absolute atomic E-state index is 12.0. The summed E-state index contributed by atoms with van der Waals surface area (Å²) in [6.07, 6.45) is 5.61. The quantitative estimate of drug-likeness (QED) is 0.515. The minimum atomic E-state index is -0.110. The molecule has 0 aliphatic rings. The fraction of sp³-hybridized carbons (Fsp3) is 0.588. The van der Waals surface area contributed by atoms with Gasteiger partial charge < -0.3 is 14.6 Å². The van der Waals surface area contributed by atoms with E-state index in [-0.39, 0.29) is 17.1 Å². The fourth-order valence-corrected chi connectivity index (χ4v) is 2.17. The molecule has 0 bridgehead atoms. The Kier molecular flexibility index (Phi) is 7.65. The van der Waals surface area contributed by atoms with Crippen molar-refractivity contribution in [2.45, 2.75) is 52.4 Å². The molecule has 0 atom stereocenters. The molecule has 1 rings (SSSR count). The first kappa shape index (κ1) is 17.3. The molecule has 118 valence electrons. The van der Waals surface area contributed by atoms with E-state index < -0.39 is 0 Å². The number of Topliss-reactive ketones (excluding diaryl/α,β-unsaturated/α-hetero) is 1. The predicted molar refractivity (Wildman–Crippen MR) is 83.5 cm³/mol. The lowest BCUT2D eigenvalue weighted by atomic mass is 10.0. The van der Waals surface area contributed by atoms with Gasteiger partial charge >= 0.3 is 0 Å². The lowest BCUT2D eigenvalue weighted by Gasteiger charge is -2.13. The van der Waals surface area contributed by atoms with Gasteiger partial charge in [0.25, 0.3) is 0 Å². The van der Waals surface area contributed by atoms with Crippen molar-refractivity contribution in [1.82, 2.24) is 0 Å². The van der Waals surface area contributed by atoms with E-state index in [2.05, 4.69) is 6.92 Å². The second-order valence-electron chi connectivity index (χ2n) is 5.10. The molecule has 21 heavy (non-hydrogen) atoms. The molecule has 0 heterocycles. The number of ether oxygens (including phenoxy) is 2. The second kappa shape index (κ2) is 9.27. The molecule has 4 nitrogen and oxygen atoms in total. The zero-order valence-electron chi connectivity index (χ0n) is 13.3. The van der Waals surface area contributed by atoms with Crippen LogP contribution in [0, 0.1) is 0 Å². The van der Waals surface area contributed by atoms with E-state index in [4.69, 9.17) is 9.47 Å². The van der Waals surface area contributed by atoms with Crippen LogP contribution in [0.3, 0.4) is 0 Å². The molecule has 0 aromatic heterocycles. The molecule has 0 saturated carbocycles. The molecule has 1 aromatic carbocycles. The third-order valence-electron chi connectivity index (χ3n) is 3.30. The van der Waals surface area contributed by atoms with Gasteiger partial charge in [-0.05, 0) is 12.8 Å². The first-order valence-corrected chi connectivity index (χ1v) is 7.71. The van der Waals surface area contributed by atoms with Gasteiger partial charge in [-0.1, -0.05) is 33.1 Å². The topological polar surface area (TPSA) is 55.8 Å². The number of aromatic hydroxyl groups is 1. The Labute approximate surface area is 127 Å². The molecular weight excluding hydrogens is 268 g/mol. The molecule has 4 heteroatoms. The van der Waals surface area contributed by atoms with Crippen molar-refractivity contribution in [2.24, 2.45) is 0 Å². The monoisotopic (exact) mass is 294 g/mol. The SMILES string of the molecule is CCCCCCOc1cc(O)c(C(=O)CCC)c(OC)c1. The van der Waals surface area contributed by atoms with Gasteiger partial charge in [0.1, 0.15) is 22.8 Å². The number of methoxy groups -OCH3 is 1. The van der Waals surface area contributed by atoms with Crippen LogP contribution in [0.4, 0.5) is 0 Å². The van der Waals surface area contributed by atoms with E-state index in [9.17, 15) is 9.90 Å². The molecule has 0 aliphatic heterocycles. The summed E-state index contributed by atoms with van der Waals surface area (Å²) in [5.41, 5.74) is 0.248. The van der Waals surface area contributed by atoms with Crippen LogP contribution in [0.2, 0.25) is 0 Å². The number of ketones is 1. The maximum atomic E-state index is 12.0. The average molecular weight is 294 g/mol. The summed E-state index contributed by atoms with van der Waals surface area (Å²) in [6, 6.07) is 3.16. The third-order valence-corrected chi connectivity index (χ3v) is 3.30. The summed E-state index contributed by atoms with van der Waals surface area (Å²) in [6.45, 7) is 4.69. The highest BCUT2D eigenvalue weighted by atomic mass is 16.5. The summed E-state index contributed by atoms with van der Waals surface area (Å²) in [7, 11) is 1.49. The van der Waals surface area contributed by atoms with E-state index >= 15 is 0 Å². The molecule has 0 saturated heterocycles. The van der Waals surface area contributed by atoms with E-state index in [0.29, 0.717) is 24.5 Å². The molecular formula is C17H26O4. The number of benzene rings is 1. The van der Waals surface area contributed by atoms with Gasteiger partial charge in [0.05, 0.1) is 13.7 Å². The van der Waals surface area contributed by atoms with E-state index in [1.165, 1.54) is 26.0 Å². The fourth-order valence-electron chi connectivity index (χ4n) is 2.17. The lowest BCUT2D eigenvalue weighted by molar-refractivity contribution is 0.0976. The number of hydrogen-bond donors (Lipinski definition) is 1. The smallest absolute Gasteiger partial charge is 0.170 e. The standard InChI is InChI=1S/C17H26O4/c1-4-6-7-8-10-21-13-11-15(19)17(14(18)9-5-2)16(12-13)20-3/h11-12,19H,4-10H2,1-3H3. The summed E-state index contributed by atoms with van der Waals surface area (Å²) >= 11 is 0. The summed E-state index contributed by atoms with van der Waals surface area (Å²) in [5.74, 6) is 0.726. The van der Waals surface area contributed by atoms with Crippen molar-refractivity contribution in [3.8, 4) is 17.2 Å². The first-order valence-electron chi connectivity index (χ1n) is 7.71. The Morgan fingerprint density at radius 2 is 1.90 bits per heavy atom. The van der Waals surface area contributed by atoms with E-state index in [1.807, 2.05) is 6.92 Å². The predicted octanol–water partition coefficient (Wildman–Crippen LogP) is 4.34. The normalized spacial score (nSPS) is 10.4. The van der Waals surface area contributed by atoms with Gasteiger partial charge in [-0.2, -0.15) is 0 Å². The highest BCUT2D eigenvalue weighted by Gasteiger charge is 2.18. The molecule has 0 spiro atoms. The number of phenols is 1. The number of carbonyl (C=O) groups is 1. The van der Waals surface area contributed by atoms with Crippen molar-refractivity contribution in [3.05, 3.63) is 17.7 Å². The van der Waals surface area contributed by atoms with Crippen LogP contribution in [-0.4, -0.2) is 24.6 Å². The molecule has 1 N–H and O–H groups in total. The molecule has 1 aromatic rings. The Hall–Kier alpha value is -1.71. The Bertz CT molecular complexity index is 454. The van der Waals surface area contributed by atoms with Crippen LogP contribution in [0.5, 0.6) is 17.2 Å². The number of phenolic OH excluding ortho intramolecular Hbond substituents is 1.